The third-order valence-corrected chi connectivity index (χ3v) is 3.09. The molecule has 1 N–H and O–H groups in total. The maximum Gasteiger partial charge on any atom is 0.277 e. The molecule has 0 spiro atoms. The van der Waals surface area contributed by atoms with Crippen molar-refractivity contribution in [3.63, 3.8) is 0 Å². The molecule has 98 valence electrons. The summed E-state index contributed by atoms with van der Waals surface area (Å²) < 4.78 is 5.35. The highest BCUT2D eigenvalue weighted by molar-refractivity contribution is 7.11. The topological polar surface area (TPSA) is 50.7 Å². The van der Waals surface area contributed by atoms with Crippen molar-refractivity contribution in [2.75, 3.05) is 6.61 Å². The third-order valence-electron chi connectivity index (χ3n) is 2.28. The van der Waals surface area contributed by atoms with E-state index in [1.165, 1.54) is 0 Å². The molecule has 0 atom stereocenters. The van der Waals surface area contributed by atoms with Crippen molar-refractivity contribution >= 4 is 23.5 Å². The molecule has 0 radical (unpaired) electrons. The van der Waals surface area contributed by atoms with Gasteiger partial charge in [-0.3, -0.25) is 4.79 Å². The van der Waals surface area contributed by atoms with E-state index in [0.29, 0.717) is 5.75 Å². The summed E-state index contributed by atoms with van der Waals surface area (Å²) in [7, 11) is 0. The van der Waals surface area contributed by atoms with Crippen LogP contribution in [0.4, 0.5) is 0 Å². The molecular formula is C14H14N2O2S. The van der Waals surface area contributed by atoms with Gasteiger partial charge in [0.15, 0.2) is 6.61 Å². The Morgan fingerprint density at radius 2 is 2.32 bits per heavy atom. The van der Waals surface area contributed by atoms with E-state index in [4.69, 9.17) is 4.74 Å². The molecule has 0 aliphatic heterocycles. The molecule has 1 amide bonds. The molecule has 0 bridgehead atoms. The van der Waals surface area contributed by atoms with Crippen molar-refractivity contribution in [2.24, 2.45) is 5.10 Å². The van der Waals surface area contributed by atoms with E-state index in [1.54, 1.807) is 17.6 Å². The lowest BCUT2D eigenvalue weighted by Gasteiger charge is -2.05. The lowest BCUT2D eigenvalue weighted by Crippen LogP contribution is -2.24. The highest BCUT2D eigenvalue weighted by Gasteiger charge is 2.01. The number of benzene rings is 1. The van der Waals surface area contributed by atoms with Crippen LogP contribution in [0.2, 0.25) is 0 Å². The van der Waals surface area contributed by atoms with Crippen LogP contribution in [0.3, 0.4) is 0 Å². The SMILES string of the molecule is Cc1cccc(OCC(=O)NN=Cc2cccs2)c1. The first-order valence-corrected chi connectivity index (χ1v) is 6.67. The minimum atomic E-state index is -0.283. The molecule has 0 saturated heterocycles. The Morgan fingerprint density at radius 1 is 1.42 bits per heavy atom. The summed E-state index contributed by atoms with van der Waals surface area (Å²) in [6, 6.07) is 11.4. The fourth-order valence-corrected chi connectivity index (χ4v) is 2.00. The first-order chi connectivity index (χ1) is 9.24. The summed E-state index contributed by atoms with van der Waals surface area (Å²) in [5, 5.41) is 5.80. The number of aryl methyl sites for hydroxylation is 1. The van der Waals surface area contributed by atoms with Crippen molar-refractivity contribution in [2.45, 2.75) is 6.92 Å². The number of nitrogens with zero attached hydrogens (tertiary/aromatic N) is 1. The van der Waals surface area contributed by atoms with Gasteiger partial charge in [0.25, 0.3) is 5.91 Å². The van der Waals surface area contributed by atoms with Gasteiger partial charge in [0.1, 0.15) is 5.75 Å². The highest BCUT2D eigenvalue weighted by atomic mass is 32.1. The van der Waals surface area contributed by atoms with Gasteiger partial charge in [-0.15, -0.1) is 11.3 Å². The van der Waals surface area contributed by atoms with Crippen molar-refractivity contribution < 1.29 is 9.53 Å². The second-order valence-corrected chi connectivity index (χ2v) is 4.89. The molecule has 1 aromatic heterocycles. The van der Waals surface area contributed by atoms with Gasteiger partial charge in [-0.05, 0) is 36.1 Å². The molecule has 0 unspecified atom stereocenters. The van der Waals surface area contributed by atoms with E-state index in [-0.39, 0.29) is 12.5 Å². The summed E-state index contributed by atoms with van der Waals surface area (Å²) >= 11 is 1.55. The molecule has 19 heavy (non-hydrogen) atoms. The average molecular weight is 274 g/mol. The Hall–Kier alpha value is -2.14. The zero-order valence-corrected chi connectivity index (χ0v) is 11.3. The number of ether oxygens (including phenoxy) is 1. The third kappa shape index (κ3) is 4.56. The molecule has 5 heteroatoms. The monoisotopic (exact) mass is 274 g/mol. The summed E-state index contributed by atoms with van der Waals surface area (Å²) in [5.74, 6) is 0.395. The van der Waals surface area contributed by atoms with Gasteiger partial charge in [0.2, 0.25) is 0 Å². The number of thiophene rings is 1. The molecule has 2 rings (SSSR count). The van der Waals surface area contributed by atoms with Crippen molar-refractivity contribution in [3.05, 3.63) is 52.2 Å². The van der Waals surface area contributed by atoms with Gasteiger partial charge >= 0.3 is 0 Å². The maximum atomic E-state index is 11.5. The zero-order chi connectivity index (χ0) is 13.5. The minimum absolute atomic E-state index is 0.0504. The maximum absolute atomic E-state index is 11.5. The van der Waals surface area contributed by atoms with Crippen LogP contribution in [-0.4, -0.2) is 18.7 Å². The molecule has 2 aromatic rings. The first-order valence-electron chi connectivity index (χ1n) is 5.79. The Morgan fingerprint density at radius 3 is 3.05 bits per heavy atom. The standard InChI is InChI=1S/C14H14N2O2S/c1-11-4-2-5-12(8-11)18-10-14(17)16-15-9-13-6-3-7-19-13/h2-9H,10H2,1H3,(H,16,17). The number of nitrogens with one attached hydrogen (secondary N) is 1. The normalized spacial score (nSPS) is 10.6. The Labute approximate surface area is 115 Å². The van der Waals surface area contributed by atoms with Gasteiger partial charge < -0.3 is 4.74 Å². The second-order valence-electron chi connectivity index (χ2n) is 3.91. The average Bonchev–Trinajstić information content (AvgIpc) is 2.90. The van der Waals surface area contributed by atoms with E-state index in [9.17, 15) is 4.79 Å². The molecule has 0 fully saturated rings. The van der Waals surface area contributed by atoms with Crippen LogP contribution >= 0.6 is 11.3 Å². The van der Waals surface area contributed by atoms with Crippen LogP contribution in [-0.2, 0) is 4.79 Å². The summed E-state index contributed by atoms with van der Waals surface area (Å²) in [6.07, 6.45) is 1.61. The van der Waals surface area contributed by atoms with E-state index < -0.39 is 0 Å². The first kappa shape index (κ1) is 13.3. The molecule has 1 aromatic carbocycles. The molecule has 0 aliphatic rings. The fourth-order valence-electron chi connectivity index (χ4n) is 1.42. The number of hydrogen-bond acceptors (Lipinski definition) is 4. The summed E-state index contributed by atoms with van der Waals surface area (Å²) in [4.78, 5) is 12.5. The van der Waals surface area contributed by atoms with Gasteiger partial charge in [-0.1, -0.05) is 18.2 Å². The predicted molar refractivity (Wildman–Crippen MR) is 76.7 cm³/mol. The number of hydrazone groups is 1. The Bertz CT molecular complexity index is 565. The number of amides is 1. The summed E-state index contributed by atoms with van der Waals surface area (Å²) in [5.41, 5.74) is 3.51. The lowest BCUT2D eigenvalue weighted by atomic mass is 10.2. The molecule has 1 heterocycles. The van der Waals surface area contributed by atoms with Crippen LogP contribution < -0.4 is 10.2 Å². The van der Waals surface area contributed by atoms with Gasteiger partial charge in [-0.25, -0.2) is 5.43 Å². The van der Waals surface area contributed by atoms with E-state index in [0.717, 1.165) is 10.4 Å². The largest absolute Gasteiger partial charge is 0.484 e. The second kappa shape index (κ2) is 6.70. The lowest BCUT2D eigenvalue weighted by molar-refractivity contribution is -0.123. The van der Waals surface area contributed by atoms with E-state index in [1.807, 2.05) is 48.7 Å². The smallest absolute Gasteiger partial charge is 0.277 e. The minimum Gasteiger partial charge on any atom is -0.484 e. The van der Waals surface area contributed by atoms with Crippen LogP contribution in [0, 0.1) is 6.92 Å². The zero-order valence-electron chi connectivity index (χ0n) is 10.5. The summed E-state index contributed by atoms with van der Waals surface area (Å²) in [6.45, 7) is 1.92. The van der Waals surface area contributed by atoms with Crippen LogP contribution in [0.25, 0.3) is 0 Å². The Kier molecular flexibility index (Phi) is 4.69. The fraction of sp³-hybridized carbons (Fsp3) is 0.143. The van der Waals surface area contributed by atoms with Gasteiger partial charge in [0, 0.05) is 4.88 Å². The van der Waals surface area contributed by atoms with Gasteiger partial charge in [-0.2, -0.15) is 5.10 Å². The number of carbonyl (C=O) groups excluding carboxylic acids is 1. The van der Waals surface area contributed by atoms with Crippen molar-refractivity contribution in [1.82, 2.24) is 5.43 Å². The highest BCUT2D eigenvalue weighted by Crippen LogP contribution is 2.11. The van der Waals surface area contributed by atoms with Crippen molar-refractivity contribution in [1.29, 1.82) is 0 Å². The predicted octanol–water partition coefficient (Wildman–Crippen LogP) is 2.59. The van der Waals surface area contributed by atoms with Gasteiger partial charge in [0.05, 0.1) is 6.21 Å². The molecule has 0 aliphatic carbocycles. The number of rotatable bonds is 5. The van der Waals surface area contributed by atoms with Crippen LogP contribution in [0.1, 0.15) is 10.4 Å². The molecule has 4 nitrogen and oxygen atoms in total. The van der Waals surface area contributed by atoms with Crippen molar-refractivity contribution in [3.8, 4) is 5.75 Å². The van der Waals surface area contributed by atoms with E-state index >= 15 is 0 Å². The Balaban J connectivity index is 1.76. The number of carbonyl (C=O) groups is 1. The van der Waals surface area contributed by atoms with E-state index in [2.05, 4.69) is 10.5 Å². The quantitative estimate of drug-likeness (QED) is 0.673. The molecular weight excluding hydrogens is 260 g/mol. The van der Waals surface area contributed by atoms with Crippen LogP contribution in [0.5, 0.6) is 5.75 Å². The number of hydrogen-bond donors (Lipinski definition) is 1. The van der Waals surface area contributed by atoms with Crippen LogP contribution in [0.15, 0.2) is 46.9 Å². The molecule has 0 saturated carbocycles.